The maximum Gasteiger partial charge on any atom is 0.353 e. The first-order valence-electron chi connectivity index (χ1n) is 9.31. The number of rotatable bonds is 8. The number of thiazole rings is 1. The molecular weight excluding hydrogens is 493 g/mol. The Morgan fingerprint density at radius 3 is 2.75 bits per heavy atom. The van der Waals surface area contributed by atoms with Gasteiger partial charge in [-0.1, -0.05) is 18.3 Å². The number of carbonyl (C=O) groups excluding carboxylic acids is 3. The van der Waals surface area contributed by atoms with E-state index in [0.717, 1.165) is 9.78 Å². The van der Waals surface area contributed by atoms with Crippen molar-refractivity contribution in [1.29, 1.82) is 0 Å². The van der Waals surface area contributed by atoms with Crippen molar-refractivity contribution in [3.05, 3.63) is 44.2 Å². The summed E-state index contributed by atoms with van der Waals surface area (Å²) in [5, 5.41) is 15.3. The lowest BCUT2D eigenvalue weighted by atomic mass is 10.1. The number of thiocarbonyl (C=S) groups is 1. The summed E-state index contributed by atoms with van der Waals surface area (Å²) in [6.07, 6.45) is 0.550. The molecule has 0 bridgehead atoms. The van der Waals surface area contributed by atoms with Crippen molar-refractivity contribution in [3.8, 4) is 0 Å². The van der Waals surface area contributed by atoms with Gasteiger partial charge in [0.25, 0.3) is 5.91 Å². The highest BCUT2D eigenvalue weighted by Crippen LogP contribution is 2.46. The first kappa shape index (κ1) is 22.6. The zero-order chi connectivity index (χ0) is 23.0. The van der Waals surface area contributed by atoms with Crippen LogP contribution >= 0.6 is 46.7 Å². The zero-order valence-corrected chi connectivity index (χ0v) is 19.5. The Balaban J connectivity index is 1.70. The van der Waals surface area contributed by atoms with E-state index in [1.807, 2.05) is 17.5 Å². The second-order valence-corrected chi connectivity index (χ2v) is 10.4. The summed E-state index contributed by atoms with van der Waals surface area (Å²) in [5.74, 6) is -2.61. The average Bonchev–Trinajstić information content (AvgIpc) is 3.42. The number of hydrogen-bond donors (Lipinski definition) is 3. The standard InChI is InChI=1S/C19H16N4O5S4/c20-10(24)4-3-8-7-31-15(21-8)12-13(19(27)28)23-17(26)14(29)18(23)32-16(12)22-11(25)6-9-2-1-5-30-9/h1-2,5,7,16,18H,3-4,6H2,(H2,20,24)(H,22,25)(H,27,28)/t16?,18-/m0/s1. The molecule has 0 spiro atoms. The van der Waals surface area contributed by atoms with Gasteiger partial charge in [-0.05, 0) is 17.9 Å². The molecule has 0 saturated carbocycles. The monoisotopic (exact) mass is 508 g/mol. The van der Waals surface area contributed by atoms with Crippen molar-refractivity contribution in [2.24, 2.45) is 5.73 Å². The highest BCUT2D eigenvalue weighted by molar-refractivity contribution is 8.03. The fourth-order valence-corrected chi connectivity index (χ4v) is 6.72. The number of nitrogens with zero attached hydrogens (tertiary/aromatic N) is 2. The number of hydrogen-bond acceptors (Lipinski definition) is 9. The minimum Gasteiger partial charge on any atom is -0.477 e. The molecule has 9 nitrogen and oxygen atoms in total. The van der Waals surface area contributed by atoms with E-state index < -0.39 is 28.5 Å². The quantitative estimate of drug-likeness (QED) is 0.359. The number of nitrogens with one attached hydrogen (secondary N) is 1. The average molecular weight is 509 g/mol. The van der Waals surface area contributed by atoms with E-state index in [9.17, 15) is 24.3 Å². The van der Waals surface area contributed by atoms with Crippen LogP contribution in [-0.2, 0) is 32.0 Å². The van der Waals surface area contributed by atoms with Crippen LogP contribution in [0.5, 0.6) is 0 Å². The predicted molar refractivity (Wildman–Crippen MR) is 125 cm³/mol. The number of thiophene rings is 1. The molecule has 0 aromatic carbocycles. The highest BCUT2D eigenvalue weighted by Gasteiger charge is 2.53. The molecule has 13 heteroatoms. The lowest BCUT2D eigenvalue weighted by Crippen LogP contribution is -2.63. The Hall–Kier alpha value is -2.61. The molecule has 4 N–H and O–H groups in total. The van der Waals surface area contributed by atoms with Crippen molar-refractivity contribution in [3.63, 3.8) is 0 Å². The smallest absolute Gasteiger partial charge is 0.353 e. The first-order valence-corrected chi connectivity index (χ1v) is 12.4. The van der Waals surface area contributed by atoms with Crippen LogP contribution in [0.3, 0.4) is 0 Å². The number of aromatic nitrogens is 1. The molecule has 1 saturated heterocycles. The molecule has 2 aromatic rings. The molecule has 2 aliphatic rings. The Morgan fingerprint density at radius 2 is 2.09 bits per heavy atom. The summed E-state index contributed by atoms with van der Waals surface area (Å²) in [7, 11) is 0. The zero-order valence-electron chi connectivity index (χ0n) is 16.3. The number of carboxylic acid groups (broad SMARTS) is 1. The molecule has 0 radical (unpaired) electrons. The largest absolute Gasteiger partial charge is 0.477 e. The molecule has 4 rings (SSSR count). The molecule has 1 fully saturated rings. The van der Waals surface area contributed by atoms with Crippen molar-refractivity contribution in [2.75, 3.05) is 0 Å². The van der Waals surface area contributed by atoms with Gasteiger partial charge in [0, 0.05) is 16.7 Å². The van der Waals surface area contributed by atoms with Crippen molar-refractivity contribution in [2.45, 2.75) is 30.0 Å². The van der Waals surface area contributed by atoms with Gasteiger partial charge in [-0.3, -0.25) is 19.3 Å². The van der Waals surface area contributed by atoms with E-state index in [1.165, 1.54) is 34.4 Å². The van der Waals surface area contributed by atoms with Crippen LogP contribution in [0.25, 0.3) is 5.57 Å². The lowest BCUT2D eigenvalue weighted by Gasteiger charge is -2.46. The number of carboxylic acids is 1. The molecule has 2 atom stereocenters. The number of primary amides is 1. The SMILES string of the molecule is NC(=O)CCc1csc(C2=C(C(=O)O)N3C(=O)C(=S)[C@@H]3SC2NC(=O)Cc2cccs2)n1. The first-order chi connectivity index (χ1) is 15.3. The van der Waals surface area contributed by atoms with Crippen LogP contribution in [0, 0.1) is 0 Å². The maximum absolute atomic E-state index is 12.7. The van der Waals surface area contributed by atoms with Crippen molar-refractivity contribution >= 4 is 80.8 Å². The van der Waals surface area contributed by atoms with Gasteiger partial charge in [-0.25, -0.2) is 9.78 Å². The van der Waals surface area contributed by atoms with Crippen LogP contribution in [0.2, 0.25) is 0 Å². The summed E-state index contributed by atoms with van der Waals surface area (Å²) in [6.45, 7) is 0. The molecule has 2 aromatic heterocycles. The van der Waals surface area contributed by atoms with Gasteiger partial charge < -0.3 is 16.2 Å². The van der Waals surface area contributed by atoms with Crippen LogP contribution in [0.1, 0.15) is 22.0 Å². The minimum atomic E-state index is -1.31. The van der Waals surface area contributed by atoms with E-state index in [-0.39, 0.29) is 34.9 Å². The number of β-lactam (4-membered cyclic amide) rings is 1. The molecule has 4 heterocycles. The Labute approximate surface area is 199 Å². The summed E-state index contributed by atoms with van der Waals surface area (Å²) in [4.78, 5) is 54.9. The Bertz CT molecular complexity index is 1160. The molecule has 32 heavy (non-hydrogen) atoms. The number of thioether (sulfide) groups is 1. The summed E-state index contributed by atoms with van der Waals surface area (Å²) in [5.41, 5.74) is 5.75. The van der Waals surface area contributed by atoms with Gasteiger partial charge in [0.1, 0.15) is 26.3 Å². The molecule has 2 aliphatic heterocycles. The summed E-state index contributed by atoms with van der Waals surface area (Å²) < 4.78 is 0. The third-order valence-corrected chi connectivity index (χ3v) is 8.41. The molecule has 1 unspecified atom stereocenters. The van der Waals surface area contributed by atoms with Crippen LogP contribution in [0.15, 0.2) is 28.6 Å². The van der Waals surface area contributed by atoms with Gasteiger partial charge in [0.15, 0.2) is 0 Å². The molecule has 166 valence electrons. The number of aryl methyl sites for hydroxylation is 1. The second kappa shape index (κ2) is 9.10. The fraction of sp³-hybridized carbons (Fsp3) is 0.263. The number of fused-ring (bicyclic) bond motifs is 1. The summed E-state index contributed by atoms with van der Waals surface area (Å²) >= 11 is 8.94. The van der Waals surface area contributed by atoms with Crippen LogP contribution < -0.4 is 11.1 Å². The van der Waals surface area contributed by atoms with Gasteiger partial charge in [-0.15, -0.1) is 34.4 Å². The highest BCUT2D eigenvalue weighted by atomic mass is 32.2. The van der Waals surface area contributed by atoms with Gasteiger partial charge in [0.05, 0.1) is 17.7 Å². The maximum atomic E-state index is 12.7. The van der Waals surface area contributed by atoms with Crippen molar-refractivity contribution in [1.82, 2.24) is 15.2 Å². The van der Waals surface area contributed by atoms with Crippen LogP contribution in [-0.4, -0.2) is 54.3 Å². The fourth-order valence-electron chi connectivity index (χ4n) is 3.28. The van der Waals surface area contributed by atoms with E-state index >= 15 is 0 Å². The second-order valence-electron chi connectivity index (χ2n) is 6.91. The molecular formula is C19H16N4O5S4. The van der Waals surface area contributed by atoms with Gasteiger partial charge in [0.2, 0.25) is 11.8 Å². The number of aliphatic carboxylic acids is 1. The predicted octanol–water partition coefficient (Wildman–Crippen LogP) is 1.39. The number of carbonyl (C=O) groups is 4. The number of amides is 3. The van der Waals surface area contributed by atoms with Crippen molar-refractivity contribution < 1.29 is 24.3 Å². The van der Waals surface area contributed by atoms with E-state index in [4.69, 9.17) is 18.0 Å². The normalized spacial score (nSPS) is 20.1. The van der Waals surface area contributed by atoms with Crippen LogP contribution in [0.4, 0.5) is 0 Å². The Kier molecular flexibility index (Phi) is 6.42. The minimum absolute atomic E-state index is 0.102. The van der Waals surface area contributed by atoms with E-state index in [1.54, 1.807) is 5.38 Å². The topological polar surface area (TPSA) is 143 Å². The third-order valence-electron chi connectivity index (χ3n) is 4.73. The number of nitrogens with two attached hydrogens (primary N) is 1. The van der Waals surface area contributed by atoms with Gasteiger partial charge >= 0.3 is 5.97 Å². The van der Waals surface area contributed by atoms with E-state index in [0.29, 0.717) is 17.1 Å². The molecule has 0 aliphatic carbocycles. The lowest BCUT2D eigenvalue weighted by molar-refractivity contribution is -0.138. The van der Waals surface area contributed by atoms with Gasteiger partial charge in [-0.2, -0.15) is 0 Å². The Morgan fingerprint density at radius 1 is 1.31 bits per heavy atom. The summed E-state index contributed by atoms with van der Waals surface area (Å²) in [6, 6.07) is 3.68. The van der Waals surface area contributed by atoms with E-state index in [2.05, 4.69) is 10.3 Å². The third kappa shape index (κ3) is 4.33. The molecule has 3 amide bonds.